The highest BCUT2D eigenvalue weighted by Gasteiger charge is 2.14. The maximum absolute atomic E-state index is 12.4. The van der Waals surface area contributed by atoms with Crippen molar-refractivity contribution in [3.63, 3.8) is 0 Å². The van der Waals surface area contributed by atoms with E-state index in [0.29, 0.717) is 23.9 Å². The van der Waals surface area contributed by atoms with E-state index in [0.717, 1.165) is 24.9 Å². The van der Waals surface area contributed by atoms with E-state index in [-0.39, 0.29) is 5.91 Å². The molecule has 2 rings (SSSR count). The van der Waals surface area contributed by atoms with Crippen molar-refractivity contribution in [2.24, 2.45) is 0 Å². The summed E-state index contributed by atoms with van der Waals surface area (Å²) in [6.45, 7) is 5.32. The van der Waals surface area contributed by atoms with Gasteiger partial charge in [-0.1, -0.05) is 43.7 Å². The molecule has 0 bridgehead atoms. The van der Waals surface area contributed by atoms with Crippen LogP contribution in [0.25, 0.3) is 0 Å². The third kappa shape index (κ3) is 5.06. The first-order chi connectivity index (χ1) is 11.1. The Balaban J connectivity index is 2.07. The fourth-order valence-electron chi connectivity index (χ4n) is 2.25. The maximum Gasteiger partial charge on any atom is 0.272 e. The standard InChI is InChI=1S/C18H24N4O/c1-4-5-11-22(3)18(23)16-12-17(21-14(2)20-16)19-13-15-9-7-6-8-10-15/h6-10,12H,4-5,11,13H2,1-3H3,(H,19,20,21). The van der Waals surface area contributed by atoms with Gasteiger partial charge in [0, 0.05) is 26.2 Å². The Kier molecular flexibility index (Phi) is 6.09. The summed E-state index contributed by atoms with van der Waals surface area (Å²) in [5.41, 5.74) is 1.60. The minimum atomic E-state index is -0.0632. The van der Waals surface area contributed by atoms with Crippen LogP contribution in [0.5, 0.6) is 0 Å². The monoisotopic (exact) mass is 312 g/mol. The molecule has 122 valence electrons. The zero-order chi connectivity index (χ0) is 16.7. The summed E-state index contributed by atoms with van der Waals surface area (Å²) in [6.07, 6.45) is 2.05. The molecule has 0 fully saturated rings. The third-order valence-corrected chi connectivity index (χ3v) is 3.57. The zero-order valence-electron chi connectivity index (χ0n) is 14.0. The highest BCUT2D eigenvalue weighted by Crippen LogP contribution is 2.11. The zero-order valence-corrected chi connectivity index (χ0v) is 14.0. The Hall–Kier alpha value is -2.43. The number of nitrogens with zero attached hydrogens (tertiary/aromatic N) is 3. The summed E-state index contributed by atoms with van der Waals surface area (Å²) >= 11 is 0. The number of aromatic nitrogens is 2. The predicted molar refractivity (Wildman–Crippen MR) is 92.4 cm³/mol. The summed E-state index contributed by atoms with van der Waals surface area (Å²) < 4.78 is 0. The van der Waals surface area contributed by atoms with Gasteiger partial charge >= 0.3 is 0 Å². The molecule has 0 saturated heterocycles. The molecule has 23 heavy (non-hydrogen) atoms. The van der Waals surface area contributed by atoms with E-state index in [9.17, 15) is 4.79 Å². The van der Waals surface area contributed by atoms with Gasteiger partial charge in [-0.3, -0.25) is 4.79 Å². The number of carbonyl (C=O) groups excluding carboxylic acids is 1. The molecule has 0 spiro atoms. The van der Waals surface area contributed by atoms with Crippen molar-refractivity contribution in [2.75, 3.05) is 18.9 Å². The van der Waals surface area contributed by atoms with Crippen LogP contribution in [0.2, 0.25) is 0 Å². The van der Waals surface area contributed by atoms with Gasteiger partial charge in [0.05, 0.1) is 0 Å². The molecule has 0 radical (unpaired) electrons. The average molecular weight is 312 g/mol. The number of carbonyl (C=O) groups is 1. The van der Waals surface area contributed by atoms with Gasteiger partial charge in [-0.2, -0.15) is 0 Å². The number of hydrogen-bond donors (Lipinski definition) is 1. The van der Waals surface area contributed by atoms with E-state index in [4.69, 9.17) is 0 Å². The summed E-state index contributed by atoms with van der Waals surface area (Å²) in [5.74, 6) is 1.20. The third-order valence-electron chi connectivity index (χ3n) is 3.57. The van der Waals surface area contributed by atoms with Crippen molar-refractivity contribution in [2.45, 2.75) is 33.2 Å². The van der Waals surface area contributed by atoms with Crippen LogP contribution in [0.1, 0.15) is 41.6 Å². The molecule has 0 aliphatic carbocycles. The van der Waals surface area contributed by atoms with Gasteiger partial charge in [0.1, 0.15) is 17.3 Å². The van der Waals surface area contributed by atoms with Crippen LogP contribution < -0.4 is 5.32 Å². The normalized spacial score (nSPS) is 10.4. The molecule has 5 heteroatoms. The number of anilines is 1. The van der Waals surface area contributed by atoms with Gasteiger partial charge in [0.2, 0.25) is 0 Å². The van der Waals surface area contributed by atoms with Crippen LogP contribution in [0.3, 0.4) is 0 Å². The van der Waals surface area contributed by atoms with Crippen molar-refractivity contribution in [1.82, 2.24) is 14.9 Å². The number of nitrogens with one attached hydrogen (secondary N) is 1. The summed E-state index contributed by atoms with van der Waals surface area (Å²) in [6, 6.07) is 11.8. The first-order valence-electron chi connectivity index (χ1n) is 7.99. The van der Waals surface area contributed by atoms with E-state index >= 15 is 0 Å². The number of rotatable bonds is 7. The van der Waals surface area contributed by atoms with Crippen LogP contribution in [0.15, 0.2) is 36.4 Å². The minimum Gasteiger partial charge on any atom is -0.366 e. The molecule has 1 aromatic carbocycles. The molecule has 0 unspecified atom stereocenters. The van der Waals surface area contributed by atoms with Crippen LogP contribution in [0, 0.1) is 6.92 Å². The number of amides is 1. The van der Waals surface area contributed by atoms with Crippen molar-refractivity contribution >= 4 is 11.7 Å². The minimum absolute atomic E-state index is 0.0632. The van der Waals surface area contributed by atoms with Gasteiger partial charge in [-0.25, -0.2) is 9.97 Å². The van der Waals surface area contributed by atoms with Crippen molar-refractivity contribution in [3.8, 4) is 0 Å². The molecular weight excluding hydrogens is 288 g/mol. The highest BCUT2D eigenvalue weighted by atomic mass is 16.2. The molecule has 0 aliphatic heterocycles. The molecular formula is C18H24N4O. The second-order valence-corrected chi connectivity index (χ2v) is 5.61. The maximum atomic E-state index is 12.4. The topological polar surface area (TPSA) is 58.1 Å². The first kappa shape index (κ1) is 16.9. The fourth-order valence-corrected chi connectivity index (χ4v) is 2.25. The van der Waals surface area contributed by atoms with Gasteiger partial charge < -0.3 is 10.2 Å². The number of benzene rings is 1. The lowest BCUT2D eigenvalue weighted by atomic mass is 10.2. The molecule has 1 heterocycles. The Morgan fingerprint density at radius 1 is 1.22 bits per heavy atom. The second kappa shape index (κ2) is 8.27. The molecule has 2 aromatic rings. The van der Waals surface area contributed by atoms with E-state index in [1.165, 1.54) is 0 Å². The van der Waals surface area contributed by atoms with Crippen molar-refractivity contribution in [1.29, 1.82) is 0 Å². The lowest BCUT2D eigenvalue weighted by molar-refractivity contribution is 0.0787. The first-order valence-corrected chi connectivity index (χ1v) is 7.99. The van der Waals surface area contributed by atoms with E-state index in [1.807, 2.05) is 37.4 Å². The molecule has 1 N–H and O–H groups in total. The molecule has 0 aliphatic rings. The molecule has 5 nitrogen and oxygen atoms in total. The fraction of sp³-hybridized carbons (Fsp3) is 0.389. The Morgan fingerprint density at radius 2 is 1.96 bits per heavy atom. The van der Waals surface area contributed by atoms with Gasteiger partial charge in [0.25, 0.3) is 5.91 Å². The van der Waals surface area contributed by atoms with E-state index in [2.05, 4.69) is 22.2 Å². The Bertz CT molecular complexity index is 643. The highest BCUT2D eigenvalue weighted by molar-refractivity contribution is 5.92. The second-order valence-electron chi connectivity index (χ2n) is 5.61. The quantitative estimate of drug-likeness (QED) is 0.852. The lowest BCUT2D eigenvalue weighted by Crippen LogP contribution is -2.28. The predicted octanol–water partition coefficient (Wildman–Crippen LogP) is 3.27. The van der Waals surface area contributed by atoms with Crippen LogP contribution in [-0.2, 0) is 6.54 Å². The average Bonchev–Trinajstić information content (AvgIpc) is 2.57. The van der Waals surface area contributed by atoms with Crippen LogP contribution in [-0.4, -0.2) is 34.4 Å². The molecule has 0 atom stereocenters. The van der Waals surface area contributed by atoms with Gasteiger partial charge in [-0.15, -0.1) is 0 Å². The SMILES string of the molecule is CCCCN(C)C(=O)c1cc(NCc2ccccc2)nc(C)n1. The molecule has 1 amide bonds. The summed E-state index contributed by atoms with van der Waals surface area (Å²) in [5, 5.41) is 3.26. The van der Waals surface area contributed by atoms with E-state index in [1.54, 1.807) is 17.9 Å². The largest absolute Gasteiger partial charge is 0.366 e. The van der Waals surface area contributed by atoms with Crippen LogP contribution in [0.4, 0.5) is 5.82 Å². The summed E-state index contributed by atoms with van der Waals surface area (Å²) in [4.78, 5) is 22.8. The van der Waals surface area contributed by atoms with Crippen LogP contribution >= 0.6 is 0 Å². The smallest absolute Gasteiger partial charge is 0.272 e. The van der Waals surface area contributed by atoms with Crippen molar-refractivity contribution < 1.29 is 4.79 Å². The summed E-state index contributed by atoms with van der Waals surface area (Å²) in [7, 11) is 1.81. The number of aryl methyl sites for hydroxylation is 1. The van der Waals surface area contributed by atoms with Gasteiger partial charge in [-0.05, 0) is 18.9 Å². The van der Waals surface area contributed by atoms with Gasteiger partial charge in [0.15, 0.2) is 0 Å². The number of hydrogen-bond acceptors (Lipinski definition) is 4. The van der Waals surface area contributed by atoms with E-state index < -0.39 is 0 Å². The number of unbranched alkanes of at least 4 members (excludes halogenated alkanes) is 1. The Morgan fingerprint density at radius 3 is 2.65 bits per heavy atom. The molecule has 0 saturated carbocycles. The lowest BCUT2D eigenvalue weighted by Gasteiger charge is -2.17. The Labute approximate surface area is 137 Å². The molecule has 1 aromatic heterocycles. The van der Waals surface area contributed by atoms with Crippen molar-refractivity contribution in [3.05, 3.63) is 53.5 Å².